The Bertz CT molecular complexity index is 1130. The van der Waals surface area contributed by atoms with E-state index in [1.165, 1.54) is 12.1 Å². The molecule has 0 aliphatic heterocycles. The number of nitrogens with one attached hydrogen (secondary N) is 1. The molecular formula is C24H22FN3O3. The number of nitrogens with zero attached hydrogens (tertiary/aromatic N) is 2. The lowest BCUT2D eigenvalue weighted by atomic mass is 10.1. The first-order valence-corrected chi connectivity index (χ1v) is 9.76. The van der Waals surface area contributed by atoms with E-state index in [9.17, 15) is 4.39 Å². The molecule has 0 spiro atoms. The summed E-state index contributed by atoms with van der Waals surface area (Å²) in [5.41, 5.74) is 2.52. The molecule has 0 saturated carbocycles. The number of halogens is 1. The maximum atomic E-state index is 13.5. The van der Waals surface area contributed by atoms with Crippen molar-refractivity contribution in [2.24, 2.45) is 0 Å². The van der Waals surface area contributed by atoms with E-state index in [0.717, 1.165) is 28.2 Å². The molecule has 1 heterocycles. The predicted molar refractivity (Wildman–Crippen MR) is 114 cm³/mol. The van der Waals surface area contributed by atoms with Gasteiger partial charge in [0.2, 0.25) is 11.8 Å². The van der Waals surface area contributed by atoms with Gasteiger partial charge in [0.15, 0.2) is 0 Å². The maximum absolute atomic E-state index is 13.5. The molecule has 0 aliphatic carbocycles. The Labute approximate surface area is 179 Å². The quantitative estimate of drug-likeness (QED) is 0.444. The molecular weight excluding hydrogens is 397 g/mol. The second-order valence-electron chi connectivity index (χ2n) is 6.85. The number of rotatable bonds is 8. The summed E-state index contributed by atoms with van der Waals surface area (Å²) < 4.78 is 30.3. The highest BCUT2D eigenvalue weighted by Crippen LogP contribution is 2.28. The van der Waals surface area contributed by atoms with E-state index in [4.69, 9.17) is 13.9 Å². The summed E-state index contributed by atoms with van der Waals surface area (Å²) in [5.74, 6) is 1.94. The molecule has 0 fully saturated rings. The van der Waals surface area contributed by atoms with Crippen LogP contribution in [0.4, 0.5) is 4.39 Å². The SMILES string of the molecule is COc1ccc(OC)c(CN[C@H](c2ccc(F)cc2)c2nnc(-c3ccccc3)o2)c1. The van der Waals surface area contributed by atoms with Gasteiger partial charge in [-0.3, -0.25) is 5.32 Å². The van der Waals surface area contributed by atoms with Gasteiger partial charge in [0.25, 0.3) is 0 Å². The Morgan fingerprint density at radius 3 is 2.42 bits per heavy atom. The standard InChI is InChI=1S/C24H22FN3O3/c1-29-20-12-13-21(30-2)18(14-20)15-26-22(16-8-10-19(25)11-9-16)24-28-27-23(31-24)17-6-4-3-5-7-17/h3-14,22,26H,15H2,1-2H3/t22-/m1/s1. The first kappa shape index (κ1) is 20.6. The maximum Gasteiger partial charge on any atom is 0.247 e. The largest absolute Gasteiger partial charge is 0.497 e. The monoisotopic (exact) mass is 419 g/mol. The zero-order valence-electron chi connectivity index (χ0n) is 17.2. The zero-order valence-corrected chi connectivity index (χ0v) is 17.2. The van der Waals surface area contributed by atoms with Gasteiger partial charge in [0.05, 0.1) is 14.2 Å². The normalized spacial score (nSPS) is 11.8. The second-order valence-corrected chi connectivity index (χ2v) is 6.85. The van der Waals surface area contributed by atoms with Crippen molar-refractivity contribution in [1.82, 2.24) is 15.5 Å². The molecule has 0 amide bonds. The van der Waals surface area contributed by atoms with Crippen LogP contribution in [0.15, 0.2) is 77.2 Å². The lowest BCUT2D eigenvalue weighted by Crippen LogP contribution is -2.22. The number of benzene rings is 3. The van der Waals surface area contributed by atoms with Gasteiger partial charge in [-0.2, -0.15) is 0 Å². The van der Waals surface area contributed by atoms with Gasteiger partial charge in [0, 0.05) is 17.7 Å². The molecule has 1 N–H and O–H groups in total. The predicted octanol–water partition coefficient (Wildman–Crippen LogP) is 4.77. The number of methoxy groups -OCH3 is 2. The van der Waals surface area contributed by atoms with Crippen molar-refractivity contribution in [1.29, 1.82) is 0 Å². The van der Waals surface area contributed by atoms with Gasteiger partial charge in [-0.25, -0.2) is 4.39 Å². The van der Waals surface area contributed by atoms with E-state index < -0.39 is 6.04 Å². The van der Waals surface area contributed by atoms with Crippen LogP contribution in [0, 0.1) is 5.82 Å². The minimum atomic E-state index is -0.443. The number of aromatic nitrogens is 2. The Morgan fingerprint density at radius 2 is 1.71 bits per heavy atom. The molecule has 0 saturated heterocycles. The van der Waals surface area contributed by atoms with Crippen LogP contribution in [-0.4, -0.2) is 24.4 Å². The first-order valence-electron chi connectivity index (χ1n) is 9.76. The van der Waals surface area contributed by atoms with Gasteiger partial charge < -0.3 is 13.9 Å². The lowest BCUT2D eigenvalue weighted by molar-refractivity contribution is 0.392. The third-order valence-electron chi connectivity index (χ3n) is 4.90. The fourth-order valence-corrected chi connectivity index (χ4v) is 3.28. The fraction of sp³-hybridized carbons (Fsp3) is 0.167. The van der Waals surface area contributed by atoms with Crippen molar-refractivity contribution < 1.29 is 18.3 Å². The highest BCUT2D eigenvalue weighted by molar-refractivity contribution is 5.52. The molecule has 0 radical (unpaired) electrons. The van der Waals surface area contributed by atoms with Crippen molar-refractivity contribution in [2.75, 3.05) is 14.2 Å². The molecule has 1 atom stereocenters. The minimum Gasteiger partial charge on any atom is -0.497 e. The molecule has 0 bridgehead atoms. The van der Waals surface area contributed by atoms with E-state index >= 15 is 0 Å². The molecule has 4 aromatic rings. The van der Waals surface area contributed by atoms with Gasteiger partial charge >= 0.3 is 0 Å². The van der Waals surface area contributed by atoms with E-state index in [2.05, 4.69) is 15.5 Å². The van der Waals surface area contributed by atoms with E-state index in [0.29, 0.717) is 18.3 Å². The summed E-state index contributed by atoms with van der Waals surface area (Å²) in [5, 5.41) is 11.9. The van der Waals surface area contributed by atoms with Crippen molar-refractivity contribution >= 4 is 0 Å². The first-order chi connectivity index (χ1) is 15.2. The van der Waals surface area contributed by atoms with Crippen LogP contribution >= 0.6 is 0 Å². The zero-order chi connectivity index (χ0) is 21.6. The Balaban J connectivity index is 1.65. The number of ether oxygens (including phenoxy) is 2. The van der Waals surface area contributed by atoms with Crippen LogP contribution in [0.2, 0.25) is 0 Å². The molecule has 31 heavy (non-hydrogen) atoms. The van der Waals surface area contributed by atoms with Crippen LogP contribution in [-0.2, 0) is 6.54 Å². The Morgan fingerprint density at radius 1 is 0.935 bits per heavy atom. The summed E-state index contributed by atoms with van der Waals surface area (Å²) in [6.07, 6.45) is 0. The smallest absolute Gasteiger partial charge is 0.247 e. The van der Waals surface area contributed by atoms with E-state index in [1.54, 1.807) is 26.4 Å². The van der Waals surface area contributed by atoms with E-state index in [1.807, 2.05) is 48.5 Å². The summed E-state index contributed by atoms with van der Waals surface area (Å²) in [7, 11) is 3.23. The van der Waals surface area contributed by atoms with Crippen molar-refractivity contribution in [3.63, 3.8) is 0 Å². The lowest BCUT2D eigenvalue weighted by Gasteiger charge is -2.17. The summed E-state index contributed by atoms with van der Waals surface area (Å²) >= 11 is 0. The molecule has 3 aromatic carbocycles. The van der Waals surface area contributed by atoms with Crippen LogP contribution in [0.25, 0.3) is 11.5 Å². The fourth-order valence-electron chi connectivity index (χ4n) is 3.28. The van der Waals surface area contributed by atoms with Gasteiger partial charge in [-0.15, -0.1) is 10.2 Å². The molecule has 158 valence electrons. The molecule has 4 rings (SSSR count). The number of hydrogen-bond acceptors (Lipinski definition) is 6. The average molecular weight is 419 g/mol. The average Bonchev–Trinajstić information content (AvgIpc) is 3.31. The van der Waals surface area contributed by atoms with Crippen molar-refractivity contribution in [3.05, 3.63) is 95.6 Å². The molecule has 7 heteroatoms. The molecule has 1 aromatic heterocycles. The second kappa shape index (κ2) is 9.40. The number of hydrogen-bond donors (Lipinski definition) is 1. The Kier molecular flexibility index (Phi) is 6.24. The van der Waals surface area contributed by atoms with Crippen LogP contribution in [0.5, 0.6) is 11.5 Å². The minimum absolute atomic E-state index is 0.313. The van der Waals surface area contributed by atoms with Crippen LogP contribution in [0.1, 0.15) is 23.1 Å². The third-order valence-corrected chi connectivity index (χ3v) is 4.90. The summed E-state index contributed by atoms with van der Waals surface area (Å²) in [6.45, 7) is 0.436. The molecule has 0 unspecified atom stereocenters. The van der Waals surface area contributed by atoms with Gasteiger partial charge in [0.1, 0.15) is 23.4 Å². The summed E-state index contributed by atoms with van der Waals surface area (Å²) in [4.78, 5) is 0. The van der Waals surface area contributed by atoms with Crippen molar-refractivity contribution in [2.45, 2.75) is 12.6 Å². The Hall–Kier alpha value is -3.71. The van der Waals surface area contributed by atoms with Crippen LogP contribution < -0.4 is 14.8 Å². The molecule has 6 nitrogen and oxygen atoms in total. The highest BCUT2D eigenvalue weighted by atomic mass is 19.1. The highest BCUT2D eigenvalue weighted by Gasteiger charge is 2.22. The topological polar surface area (TPSA) is 69.4 Å². The van der Waals surface area contributed by atoms with Gasteiger partial charge in [-0.1, -0.05) is 30.3 Å². The third kappa shape index (κ3) is 4.73. The van der Waals surface area contributed by atoms with Crippen molar-refractivity contribution in [3.8, 4) is 23.0 Å². The van der Waals surface area contributed by atoms with E-state index in [-0.39, 0.29) is 5.82 Å². The summed E-state index contributed by atoms with van der Waals surface area (Å²) in [6, 6.07) is 20.9. The van der Waals surface area contributed by atoms with Gasteiger partial charge in [-0.05, 0) is 48.0 Å². The molecule has 0 aliphatic rings. The van der Waals surface area contributed by atoms with Crippen LogP contribution in [0.3, 0.4) is 0 Å².